The van der Waals surface area contributed by atoms with Crippen LogP contribution in [0, 0.1) is 5.82 Å². The van der Waals surface area contributed by atoms with E-state index in [0.29, 0.717) is 11.3 Å². The third-order valence-electron chi connectivity index (χ3n) is 2.67. The summed E-state index contributed by atoms with van der Waals surface area (Å²) in [5, 5.41) is 0.121. The van der Waals surface area contributed by atoms with E-state index in [-0.39, 0.29) is 11.0 Å². The number of methoxy groups -OCH3 is 1. The first kappa shape index (κ1) is 14.9. The van der Waals surface area contributed by atoms with E-state index in [1.165, 1.54) is 13.2 Å². The van der Waals surface area contributed by atoms with Crippen LogP contribution < -0.4 is 0 Å². The van der Waals surface area contributed by atoms with E-state index < -0.39 is 5.82 Å². The number of hydrogen-bond acceptors (Lipinski definition) is 3. The van der Waals surface area contributed by atoms with Gasteiger partial charge in [-0.3, -0.25) is 0 Å². The maximum Gasteiger partial charge on any atom is 0.337 e. The summed E-state index contributed by atoms with van der Waals surface area (Å²) >= 11 is 7.28. The summed E-state index contributed by atoms with van der Waals surface area (Å²) < 4.78 is 17.7. The van der Waals surface area contributed by atoms with Crippen LogP contribution in [0.2, 0.25) is 5.02 Å². The van der Waals surface area contributed by atoms with Gasteiger partial charge in [0.25, 0.3) is 0 Å². The quantitative estimate of drug-likeness (QED) is 0.612. The highest BCUT2D eigenvalue weighted by molar-refractivity contribution is 7.98. The van der Waals surface area contributed by atoms with Gasteiger partial charge in [0.15, 0.2) is 0 Å². The van der Waals surface area contributed by atoms with Gasteiger partial charge in [-0.2, -0.15) is 0 Å². The van der Waals surface area contributed by atoms with Crippen molar-refractivity contribution in [3.8, 4) is 0 Å². The molecule has 0 spiro atoms. The number of esters is 1. The Morgan fingerprint density at radius 3 is 2.55 bits per heavy atom. The molecular formula is C15H12ClFO2S. The highest BCUT2D eigenvalue weighted by Crippen LogP contribution is 2.27. The Morgan fingerprint density at radius 1 is 1.25 bits per heavy atom. The molecule has 0 aliphatic rings. The normalized spacial score (nSPS) is 10.3. The van der Waals surface area contributed by atoms with Gasteiger partial charge < -0.3 is 4.74 Å². The molecule has 20 heavy (non-hydrogen) atoms. The van der Waals surface area contributed by atoms with Gasteiger partial charge in [0.2, 0.25) is 0 Å². The van der Waals surface area contributed by atoms with Crippen molar-refractivity contribution in [1.29, 1.82) is 0 Å². The monoisotopic (exact) mass is 310 g/mol. The molecule has 0 atom stereocenters. The van der Waals surface area contributed by atoms with E-state index in [2.05, 4.69) is 4.74 Å². The average Bonchev–Trinajstić information content (AvgIpc) is 2.48. The first-order chi connectivity index (χ1) is 9.60. The lowest BCUT2D eigenvalue weighted by Gasteiger charge is -2.04. The van der Waals surface area contributed by atoms with Crippen molar-refractivity contribution in [2.45, 2.75) is 10.6 Å². The van der Waals surface area contributed by atoms with Gasteiger partial charge in [-0.15, -0.1) is 11.8 Å². The van der Waals surface area contributed by atoms with Crippen LogP contribution in [0.3, 0.4) is 0 Å². The summed E-state index contributed by atoms with van der Waals surface area (Å²) in [6, 6.07) is 11.8. The fraction of sp³-hybridized carbons (Fsp3) is 0.133. The lowest BCUT2D eigenvalue weighted by molar-refractivity contribution is 0.0600. The lowest BCUT2D eigenvalue weighted by Crippen LogP contribution is -2.00. The Labute approximate surface area is 125 Å². The molecule has 0 saturated heterocycles. The predicted molar refractivity (Wildman–Crippen MR) is 78.8 cm³/mol. The SMILES string of the molecule is COC(=O)c1ccc(CSc2ccc(F)c(Cl)c2)cc1. The molecule has 2 aromatic carbocycles. The molecule has 104 valence electrons. The maximum absolute atomic E-state index is 13.0. The van der Waals surface area contributed by atoms with Gasteiger partial charge in [-0.1, -0.05) is 23.7 Å². The number of carbonyl (C=O) groups excluding carboxylic acids is 1. The average molecular weight is 311 g/mol. The molecule has 5 heteroatoms. The highest BCUT2D eigenvalue weighted by Gasteiger charge is 2.05. The fourth-order valence-electron chi connectivity index (χ4n) is 1.59. The zero-order valence-electron chi connectivity index (χ0n) is 10.7. The Kier molecular flexibility index (Phi) is 5.04. The molecule has 0 saturated carbocycles. The second-order valence-electron chi connectivity index (χ2n) is 4.05. The Balaban J connectivity index is 2.00. The van der Waals surface area contributed by atoms with E-state index >= 15 is 0 Å². The zero-order valence-corrected chi connectivity index (χ0v) is 12.3. The van der Waals surface area contributed by atoms with E-state index in [4.69, 9.17) is 11.6 Å². The summed E-state index contributed by atoms with van der Waals surface area (Å²) in [4.78, 5) is 12.2. The van der Waals surface area contributed by atoms with Crippen molar-refractivity contribution in [3.63, 3.8) is 0 Å². The van der Waals surface area contributed by atoms with Crippen LogP contribution in [0.4, 0.5) is 4.39 Å². The van der Waals surface area contributed by atoms with Crippen molar-refractivity contribution in [1.82, 2.24) is 0 Å². The molecule has 0 aliphatic carbocycles. The van der Waals surface area contributed by atoms with Crippen LogP contribution in [0.15, 0.2) is 47.4 Å². The molecule has 0 N–H and O–H groups in total. The predicted octanol–water partition coefficient (Wildman–Crippen LogP) is 4.56. The summed E-state index contributed by atoms with van der Waals surface area (Å²) in [7, 11) is 1.35. The second kappa shape index (κ2) is 6.77. The van der Waals surface area contributed by atoms with Crippen LogP contribution in [-0.4, -0.2) is 13.1 Å². The first-order valence-electron chi connectivity index (χ1n) is 5.85. The smallest absolute Gasteiger partial charge is 0.337 e. The molecule has 0 aliphatic heterocycles. The fourth-order valence-corrected chi connectivity index (χ4v) is 2.72. The minimum Gasteiger partial charge on any atom is -0.465 e. The van der Waals surface area contributed by atoms with E-state index in [1.54, 1.807) is 36.0 Å². The third-order valence-corrected chi connectivity index (χ3v) is 4.03. The number of halogens is 2. The molecule has 0 unspecified atom stereocenters. The van der Waals surface area contributed by atoms with Crippen LogP contribution >= 0.6 is 23.4 Å². The van der Waals surface area contributed by atoms with Gasteiger partial charge in [0.1, 0.15) is 5.82 Å². The molecular weight excluding hydrogens is 299 g/mol. The van der Waals surface area contributed by atoms with Crippen molar-refractivity contribution in [2.75, 3.05) is 7.11 Å². The summed E-state index contributed by atoms with van der Waals surface area (Å²) in [6.45, 7) is 0. The van der Waals surface area contributed by atoms with Crippen LogP contribution in [0.5, 0.6) is 0 Å². The minimum absolute atomic E-state index is 0.121. The Bertz CT molecular complexity index is 614. The van der Waals surface area contributed by atoms with E-state index in [9.17, 15) is 9.18 Å². The Hall–Kier alpha value is -1.52. The van der Waals surface area contributed by atoms with Gasteiger partial charge >= 0.3 is 5.97 Å². The molecule has 0 aromatic heterocycles. The van der Waals surface area contributed by atoms with Crippen LogP contribution in [-0.2, 0) is 10.5 Å². The summed E-state index contributed by atoms with van der Waals surface area (Å²) in [5.74, 6) is -0.0587. The highest BCUT2D eigenvalue weighted by atomic mass is 35.5. The van der Waals surface area contributed by atoms with Crippen molar-refractivity contribution in [2.24, 2.45) is 0 Å². The van der Waals surface area contributed by atoms with Gasteiger partial charge in [-0.05, 0) is 35.9 Å². The van der Waals surface area contributed by atoms with Crippen molar-refractivity contribution >= 4 is 29.3 Å². The van der Waals surface area contributed by atoms with E-state index in [1.807, 2.05) is 12.1 Å². The van der Waals surface area contributed by atoms with Crippen molar-refractivity contribution in [3.05, 3.63) is 64.4 Å². The van der Waals surface area contributed by atoms with Gasteiger partial charge in [0.05, 0.1) is 17.7 Å². The largest absolute Gasteiger partial charge is 0.465 e. The topological polar surface area (TPSA) is 26.3 Å². The number of hydrogen-bond donors (Lipinski definition) is 0. The van der Waals surface area contributed by atoms with Crippen LogP contribution in [0.25, 0.3) is 0 Å². The summed E-state index contributed by atoms with van der Waals surface area (Å²) in [5.41, 5.74) is 1.58. The standard InChI is InChI=1S/C15H12ClFO2S/c1-19-15(18)11-4-2-10(3-5-11)9-20-12-6-7-14(17)13(16)8-12/h2-8H,9H2,1H3. The van der Waals surface area contributed by atoms with Gasteiger partial charge in [0, 0.05) is 10.6 Å². The number of rotatable bonds is 4. The second-order valence-corrected chi connectivity index (χ2v) is 5.51. The summed E-state index contributed by atoms with van der Waals surface area (Å²) in [6.07, 6.45) is 0. The molecule has 0 amide bonds. The number of ether oxygens (including phenoxy) is 1. The minimum atomic E-state index is -0.418. The molecule has 2 rings (SSSR count). The number of carbonyl (C=O) groups is 1. The third kappa shape index (κ3) is 3.74. The van der Waals surface area contributed by atoms with Crippen LogP contribution in [0.1, 0.15) is 15.9 Å². The maximum atomic E-state index is 13.0. The number of benzene rings is 2. The molecule has 2 aromatic rings. The van der Waals surface area contributed by atoms with Gasteiger partial charge in [-0.25, -0.2) is 9.18 Å². The first-order valence-corrected chi connectivity index (χ1v) is 7.21. The molecule has 2 nitrogen and oxygen atoms in total. The van der Waals surface area contributed by atoms with Crippen molar-refractivity contribution < 1.29 is 13.9 Å². The number of thioether (sulfide) groups is 1. The molecule has 0 fully saturated rings. The Morgan fingerprint density at radius 2 is 1.95 bits per heavy atom. The van der Waals surface area contributed by atoms with E-state index in [0.717, 1.165) is 10.5 Å². The molecule has 0 heterocycles. The molecule has 0 bridgehead atoms. The lowest BCUT2D eigenvalue weighted by atomic mass is 10.1. The molecule has 0 radical (unpaired) electrons. The zero-order chi connectivity index (χ0) is 14.5.